The number of unbranched alkanes of at least 4 members (excludes halogenated alkanes) is 6. The number of rotatable bonds is 12. The van der Waals surface area contributed by atoms with E-state index in [1.807, 2.05) is 18.3 Å². The minimum Gasteiger partial charge on any atom is -0.327 e. The van der Waals surface area contributed by atoms with Crippen LogP contribution in [-0.2, 0) is 25.5 Å². The van der Waals surface area contributed by atoms with Crippen LogP contribution in [0.25, 0.3) is 49.9 Å². The predicted molar refractivity (Wildman–Crippen MR) is 187 cm³/mol. The van der Waals surface area contributed by atoms with E-state index in [1.165, 1.54) is 103 Å². The number of nitrogens with zero attached hydrogens (tertiary/aromatic N) is 2. The van der Waals surface area contributed by atoms with E-state index in [2.05, 4.69) is 114 Å². The van der Waals surface area contributed by atoms with Gasteiger partial charge in [0.2, 0.25) is 0 Å². The zero-order valence-corrected chi connectivity index (χ0v) is 29.0. The second-order valence-electron chi connectivity index (χ2n) is 12.7. The van der Waals surface area contributed by atoms with Crippen LogP contribution in [0.2, 0.25) is 0 Å². The van der Waals surface area contributed by atoms with Crippen molar-refractivity contribution in [2.45, 2.75) is 83.5 Å². The molecule has 0 saturated heterocycles. The Balaban J connectivity index is 0.00000357. The van der Waals surface area contributed by atoms with Crippen molar-refractivity contribution >= 4 is 21.8 Å². The molecule has 231 valence electrons. The van der Waals surface area contributed by atoms with Gasteiger partial charge in [-0.1, -0.05) is 120 Å². The number of hydrogen-bond donors (Lipinski definition) is 0. The summed E-state index contributed by atoms with van der Waals surface area (Å²) < 4.78 is 2.48. The number of para-hydroxylation sites is 1. The molecular weight excluding hydrogens is 725 g/mol. The summed E-state index contributed by atoms with van der Waals surface area (Å²) in [6.45, 7) is 4.63. The number of fused-ring (bicyclic) bond motifs is 6. The van der Waals surface area contributed by atoms with Crippen molar-refractivity contribution in [2.75, 3.05) is 0 Å². The van der Waals surface area contributed by atoms with Crippen molar-refractivity contribution in [1.82, 2.24) is 9.55 Å². The summed E-state index contributed by atoms with van der Waals surface area (Å²) >= 11 is 0. The van der Waals surface area contributed by atoms with Gasteiger partial charge in [0.15, 0.2) is 0 Å². The first-order valence-corrected chi connectivity index (χ1v) is 16.9. The molecule has 3 heteroatoms. The van der Waals surface area contributed by atoms with E-state index in [0.29, 0.717) is 0 Å². The summed E-state index contributed by atoms with van der Waals surface area (Å²) in [6.07, 6.45) is 14.6. The van der Waals surface area contributed by atoms with Crippen molar-refractivity contribution in [3.63, 3.8) is 0 Å². The van der Waals surface area contributed by atoms with Crippen LogP contribution in [0.5, 0.6) is 0 Å². The fraction of sp³-hybridized carbons (Fsp3) is 0.310. The van der Waals surface area contributed by atoms with Gasteiger partial charge >= 0.3 is 0 Å². The summed E-state index contributed by atoms with van der Waals surface area (Å²) in [5.41, 5.74) is 11.7. The summed E-state index contributed by atoms with van der Waals surface area (Å²) in [7, 11) is 0. The normalized spacial score (nSPS) is 13.1. The molecule has 0 N–H and O–H groups in total. The van der Waals surface area contributed by atoms with Gasteiger partial charge in [-0.3, -0.25) is 0 Å². The van der Waals surface area contributed by atoms with Crippen LogP contribution in [0.3, 0.4) is 0 Å². The Kier molecular flexibility index (Phi) is 9.69. The maximum Gasteiger partial charge on any atom is 0.0527 e. The molecule has 2 heterocycles. The minimum atomic E-state index is 0. The van der Waals surface area contributed by atoms with Gasteiger partial charge in [-0.25, -0.2) is 0 Å². The average molecular weight is 768 g/mol. The molecule has 0 bridgehead atoms. The molecule has 2 aromatic heterocycles. The van der Waals surface area contributed by atoms with Gasteiger partial charge in [0.25, 0.3) is 0 Å². The Labute approximate surface area is 282 Å². The molecule has 0 saturated carbocycles. The molecule has 1 radical (unpaired) electrons. The third-order valence-corrected chi connectivity index (χ3v) is 9.96. The number of pyridine rings is 1. The van der Waals surface area contributed by atoms with E-state index < -0.39 is 0 Å². The van der Waals surface area contributed by atoms with Gasteiger partial charge in [0.05, 0.1) is 11.0 Å². The molecule has 2 nitrogen and oxygen atoms in total. The molecule has 0 atom stereocenters. The first-order chi connectivity index (χ1) is 21.7. The first-order valence-electron chi connectivity index (χ1n) is 16.9. The molecule has 0 amide bonds. The predicted octanol–water partition coefficient (Wildman–Crippen LogP) is 11.9. The maximum absolute atomic E-state index is 4.63. The summed E-state index contributed by atoms with van der Waals surface area (Å²) in [6, 6.07) is 39.4. The summed E-state index contributed by atoms with van der Waals surface area (Å²) in [5, 5.41) is 2.63. The topological polar surface area (TPSA) is 17.8 Å². The molecule has 6 aromatic rings. The van der Waals surface area contributed by atoms with Crippen molar-refractivity contribution in [3.05, 3.63) is 120 Å². The molecule has 7 rings (SSSR count). The third kappa shape index (κ3) is 5.71. The van der Waals surface area contributed by atoms with Gasteiger partial charge in [-0.15, -0.1) is 29.8 Å². The molecular formula is C42H43IrN2-. The fourth-order valence-electron chi connectivity index (χ4n) is 7.83. The van der Waals surface area contributed by atoms with Gasteiger partial charge in [-0.2, -0.15) is 0 Å². The van der Waals surface area contributed by atoms with E-state index in [4.69, 9.17) is 0 Å². The zero-order valence-electron chi connectivity index (χ0n) is 26.6. The second kappa shape index (κ2) is 13.9. The molecule has 1 aliphatic carbocycles. The van der Waals surface area contributed by atoms with E-state index in [-0.39, 0.29) is 25.5 Å². The van der Waals surface area contributed by atoms with E-state index in [1.54, 1.807) is 5.56 Å². The number of aromatic nitrogens is 2. The maximum atomic E-state index is 4.63. The van der Waals surface area contributed by atoms with Gasteiger partial charge in [0.1, 0.15) is 0 Å². The van der Waals surface area contributed by atoms with Gasteiger partial charge in [0, 0.05) is 42.5 Å². The number of benzene rings is 4. The van der Waals surface area contributed by atoms with Crippen LogP contribution in [0.15, 0.2) is 103 Å². The Morgan fingerprint density at radius 3 is 2.13 bits per heavy atom. The Morgan fingerprint density at radius 1 is 0.644 bits per heavy atom. The second-order valence-corrected chi connectivity index (χ2v) is 12.7. The standard InChI is InChI=1S/C42H43N2.Ir/c1-3-5-7-14-25-42(26-15-8-6-4-2)37-22-11-9-20-33(37)35-29-36-34-21-10-12-24-40(34)44(41(36)30-38(35)42)32-19-17-18-31(28-32)39-23-13-16-27-43-39;/h9-13,16-17,19-24,27-30H,3-8,14-15,25-26H2,1-2H3;/q-1;. The minimum absolute atomic E-state index is 0. The van der Waals surface area contributed by atoms with Crippen molar-refractivity contribution < 1.29 is 20.1 Å². The van der Waals surface area contributed by atoms with E-state index in [9.17, 15) is 0 Å². The Morgan fingerprint density at radius 2 is 1.38 bits per heavy atom. The van der Waals surface area contributed by atoms with E-state index >= 15 is 0 Å². The zero-order chi connectivity index (χ0) is 29.9. The number of hydrogen-bond acceptors (Lipinski definition) is 1. The Hall–Kier alpha value is -3.52. The van der Waals surface area contributed by atoms with Gasteiger partial charge < -0.3 is 9.55 Å². The summed E-state index contributed by atoms with van der Waals surface area (Å²) in [5.74, 6) is 0. The molecule has 0 unspecified atom stereocenters. The molecule has 0 aliphatic heterocycles. The molecule has 4 aromatic carbocycles. The molecule has 0 fully saturated rings. The largest absolute Gasteiger partial charge is 0.327 e. The van der Waals surface area contributed by atoms with Crippen LogP contribution in [-0.4, -0.2) is 9.55 Å². The summed E-state index contributed by atoms with van der Waals surface area (Å²) in [4.78, 5) is 4.63. The van der Waals surface area contributed by atoms with Crippen LogP contribution >= 0.6 is 0 Å². The van der Waals surface area contributed by atoms with Crippen LogP contribution in [0, 0.1) is 6.07 Å². The fourth-order valence-corrected chi connectivity index (χ4v) is 7.83. The molecule has 45 heavy (non-hydrogen) atoms. The van der Waals surface area contributed by atoms with Crippen molar-refractivity contribution in [2.24, 2.45) is 0 Å². The quantitative estimate of drug-likeness (QED) is 0.0896. The molecule has 0 spiro atoms. The van der Waals surface area contributed by atoms with Crippen LogP contribution < -0.4 is 0 Å². The monoisotopic (exact) mass is 768 g/mol. The molecule has 1 aliphatic rings. The smallest absolute Gasteiger partial charge is 0.0527 e. The third-order valence-electron chi connectivity index (χ3n) is 9.96. The van der Waals surface area contributed by atoms with Gasteiger partial charge in [-0.05, 0) is 70.7 Å². The van der Waals surface area contributed by atoms with E-state index in [0.717, 1.165) is 16.9 Å². The van der Waals surface area contributed by atoms with Crippen molar-refractivity contribution in [3.8, 4) is 28.1 Å². The van der Waals surface area contributed by atoms with Crippen LogP contribution in [0.4, 0.5) is 0 Å². The average Bonchev–Trinajstić information content (AvgIpc) is 3.54. The van der Waals surface area contributed by atoms with Crippen molar-refractivity contribution in [1.29, 1.82) is 0 Å². The van der Waals surface area contributed by atoms with Crippen LogP contribution in [0.1, 0.15) is 89.2 Å². The Bertz CT molecular complexity index is 1890. The first kappa shape index (κ1) is 31.5. The SMILES string of the molecule is CCCCCCC1(CCCCCC)c2ccccc2-c2cc3c4ccccc4n(-c4cc[c-]c(-c5ccccn5)c4)c3cc21.[Ir].